The van der Waals surface area contributed by atoms with E-state index in [0.29, 0.717) is 11.6 Å². The van der Waals surface area contributed by atoms with Crippen LogP contribution in [0.3, 0.4) is 0 Å². The lowest BCUT2D eigenvalue weighted by atomic mass is 9.80. The van der Waals surface area contributed by atoms with Crippen molar-refractivity contribution in [1.82, 2.24) is 10.2 Å². The summed E-state index contributed by atoms with van der Waals surface area (Å²) in [5.41, 5.74) is 0.357. The molecule has 0 amide bonds. The van der Waals surface area contributed by atoms with Crippen LogP contribution in [0.25, 0.3) is 0 Å². The quantitative estimate of drug-likeness (QED) is 0.856. The van der Waals surface area contributed by atoms with Crippen molar-refractivity contribution in [2.24, 2.45) is 0 Å². The van der Waals surface area contributed by atoms with Crippen molar-refractivity contribution >= 4 is 0 Å². The second-order valence-corrected chi connectivity index (χ2v) is 6.24. The van der Waals surface area contributed by atoms with Gasteiger partial charge in [-0.3, -0.25) is 0 Å². The Morgan fingerprint density at radius 1 is 1.32 bits per heavy atom. The Hall–Kier alpha value is -0.800. The molecule has 1 aliphatic rings. The average molecular weight is 264 g/mol. The van der Waals surface area contributed by atoms with E-state index in [4.69, 9.17) is 4.42 Å². The molecule has 1 saturated carbocycles. The molecule has 1 unspecified atom stereocenters. The molecule has 1 N–H and O–H groups in total. The SMILES string of the molecule is CC(Cc1ccco1)NCC1(N(C)C)CCCCC1. The molecule has 0 aromatic carbocycles. The average Bonchev–Trinajstić information content (AvgIpc) is 2.90. The lowest BCUT2D eigenvalue weighted by Crippen LogP contribution is -2.54. The zero-order chi connectivity index (χ0) is 13.7. The molecule has 1 aromatic rings. The maximum atomic E-state index is 5.42. The Labute approximate surface area is 117 Å². The number of nitrogens with zero attached hydrogens (tertiary/aromatic N) is 1. The molecule has 1 aromatic heterocycles. The van der Waals surface area contributed by atoms with Gasteiger partial charge in [0, 0.05) is 24.5 Å². The summed E-state index contributed by atoms with van der Waals surface area (Å²) < 4.78 is 5.42. The Morgan fingerprint density at radius 2 is 2.05 bits per heavy atom. The summed E-state index contributed by atoms with van der Waals surface area (Å²) in [7, 11) is 4.45. The van der Waals surface area contributed by atoms with Crippen LogP contribution < -0.4 is 5.32 Å². The van der Waals surface area contributed by atoms with E-state index in [-0.39, 0.29) is 0 Å². The van der Waals surface area contributed by atoms with Gasteiger partial charge in [0.1, 0.15) is 5.76 Å². The van der Waals surface area contributed by atoms with Crippen LogP contribution in [0.1, 0.15) is 44.8 Å². The fourth-order valence-electron chi connectivity index (χ4n) is 3.16. The first-order valence-electron chi connectivity index (χ1n) is 7.56. The molecule has 1 heterocycles. The van der Waals surface area contributed by atoms with E-state index in [1.807, 2.05) is 6.07 Å². The first-order valence-corrected chi connectivity index (χ1v) is 7.56. The lowest BCUT2D eigenvalue weighted by Gasteiger charge is -2.44. The summed E-state index contributed by atoms with van der Waals surface area (Å²) in [4.78, 5) is 2.43. The summed E-state index contributed by atoms with van der Waals surface area (Å²) in [6.45, 7) is 3.33. The fourth-order valence-corrected chi connectivity index (χ4v) is 3.16. The maximum absolute atomic E-state index is 5.42. The Bertz CT molecular complexity index is 353. The predicted molar refractivity (Wildman–Crippen MR) is 79.4 cm³/mol. The summed E-state index contributed by atoms with van der Waals surface area (Å²) in [6, 6.07) is 4.48. The molecule has 0 aliphatic heterocycles. The van der Waals surface area contributed by atoms with Gasteiger partial charge >= 0.3 is 0 Å². The summed E-state index contributed by atoms with van der Waals surface area (Å²) in [5, 5.41) is 3.71. The Kier molecular flexibility index (Phi) is 5.06. The van der Waals surface area contributed by atoms with Crippen LogP contribution in [0.2, 0.25) is 0 Å². The molecule has 1 fully saturated rings. The molecule has 19 heavy (non-hydrogen) atoms. The molecule has 0 spiro atoms. The number of hydrogen-bond acceptors (Lipinski definition) is 3. The van der Waals surface area contributed by atoms with Crippen molar-refractivity contribution in [3.8, 4) is 0 Å². The van der Waals surface area contributed by atoms with E-state index in [2.05, 4.69) is 37.3 Å². The van der Waals surface area contributed by atoms with Gasteiger partial charge in [0.15, 0.2) is 0 Å². The standard InChI is InChI=1S/C16H28N2O/c1-14(12-15-8-7-11-19-15)17-13-16(18(2)3)9-5-4-6-10-16/h7-8,11,14,17H,4-6,9-10,12-13H2,1-3H3. The van der Waals surface area contributed by atoms with Crippen molar-refractivity contribution in [1.29, 1.82) is 0 Å². The maximum Gasteiger partial charge on any atom is 0.105 e. The highest BCUT2D eigenvalue weighted by Crippen LogP contribution is 2.31. The van der Waals surface area contributed by atoms with Crippen LogP contribution in [0, 0.1) is 0 Å². The molecular weight excluding hydrogens is 236 g/mol. The van der Waals surface area contributed by atoms with E-state index in [1.165, 1.54) is 32.1 Å². The normalized spacial score (nSPS) is 20.6. The number of rotatable bonds is 6. The van der Waals surface area contributed by atoms with Gasteiger partial charge in [-0.2, -0.15) is 0 Å². The van der Waals surface area contributed by atoms with Crippen LogP contribution in [-0.4, -0.2) is 37.1 Å². The van der Waals surface area contributed by atoms with Crippen molar-refractivity contribution in [2.45, 2.75) is 57.0 Å². The van der Waals surface area contributed by atoms with E-state index in [9.17, 15) is 0 Å². The van der Waals surface area contributed by atoms with Gasteiger partial charge in [0.2, 0.25) is 0 Å². The van der Waals surface area contributed by atoms with Crippen molar-refractivity contribution in [2.75, 3.05) is 20.6 Å². The van der Waals surface area contributed by atoms with E-state index in [0.717, 1.165) is 18.7 Å². The highest BCUT2D eigenvalue weighted by atomic mass is 16.3. The van der Waals surface area contributed by atoms with Gasteiger partial charge in [-0.15, -0.1) is 0 Å². The second-order valence-electron chi connectivity index (χ2n) is 6.24. The molecule has 0 radical (unpaired) electrons. The summed E-state index contributed by atoms with van der Waals surface area (Å²) in [5.74, 6) is 1.07. The highest BCUT2D eigenvalue weighted by Gasteiger charge is 2.34. The zero-order valence-corrected chi connectivity index (χ0v) is 12.6. The van der Waals surface area contributed by atoms with Gasteiger partial charge in [-0.1, -0.05) is 19.3 Å². The fraction of sp³-hybridized carbons (Fsp3) is 0.750. The molecule has 108 valence electrons. The van der Waals surface area contributed by atoms with Crippen LogP contribution >= 0.6 is 0 Å². The molecule has 1 aliphatic carbocycles. The molecule has 3 nitrogen and oxygen atoms in total. The van der Waals surface area contributed by atoms with Crippen LogP contribution in [0.5, 0.6) is 0 Å². The van der Waals surface area contributed by atoms with E-state index < -0.39 is 0 Å². The van der Waals surface area contributed by atoms with Crippen molar-refractivity contribution in [3.63, 3.8) is 0 Å². The second kappa shape index (κ2) is 6.58. The van der Waals surface area contributed by atoms with Gasteiger partial charge in [0.05, 0.1) is 6.26 Å². The third-order valence-electron chi connectivity index (χ3n) is 4.60. The minimum atomic E-state index is 0.357. The largest absolute Gasteiger partial charge is 0.469 e. The summed E-state index contributed by atoms with van der Waals surface area (Å²) >= 11 is 0. The van der Waals surface area contributed by atoms with Crippen LogP contribution in [0.15, 0.2) is 22.8 Å². The molecular formula is C16H28N2O. The highest BCUT2D eigenvalue weighted by molar-refractivity contribution is 5.00. The minimum absolute atomic E-state index is 0.357. The molecule has 0 bridgehead atoms. The first-order chi connectivity index (χ1) is 9.12. The Morgan fingerprint density at radius 3 is 2.63 bits per heavy atom. The number of furan rings is 1. The van der Waals surface area contributed by atoms with Crippen LogP contribution in [-0.2, 0) is 6.42 Å². The number of likely N-dealkylation sites (N-methyl/N-ethyl adjacent to an activating group) is 1. The van der Waals surface area contributed by atoms with E-state index >= 15 is 0 Å². The van der Waals surface area contributed by atoms with Gasteiger partial charge in [-0.05, 0) is 46.0 Å². The predicted octanol–water partition coefficient (Wildman–Crippen LogP) is 3.06. The first kappa shape index (κ1) is 14.6. The van der Waals surface area contributed by atoms with Gasteiger partial charge < -0.3 is 14.6 Å². The molecule has 0 saturated heterocycles. The van der Waals surface area contributed by atoms with Crippen molar-refractivity contribution < 1.29 is 4.42 Å². The number of nitrogens with one attached hydrogen (secondary N) is 1. The third-order valence-corrected chi connectivity index (χ3v) is 4.60. The topological polar surface area (TPSA) is 28.4 Å². The molecule has 3 heteroatoms. The number of hydrogen-bond donors (Lipinski definition) is 1. The van der Waals surface area contributed by atoms with Crippen LogP contribution in [0.4, 0.5) is 0 Å². The lowest BCUT2D eigenvalue weighted by molar-refractivity contribution is 0.0956. The Balaban J connectivity index is 1.84. The smallest absolute Gasteiger partial charge is 0.105 e. The third kappa shape index (κ3) is 3.83. The van der Waals surface area contributed by atoms with Crippen molar-refractivity contribution in [3.05, 3.63) is 24.2 Å². The minimum Gasteiger partial charge on any atom is -0.469 e. The van der Waals surface area contributed by atoms with Gasteiger partial charge in [-0.25, -0.2) is 0 Å². The monoisotopic (exact) mass is 264 g/mol. The van der Waals surface area contributed by atoms with Gasteiger partial charge in [0.25, 0.3) is 0 Å². The molecule has 1 atom stereocenters. The zero-order valence-electron chi connectivity index (χ0n) is 12.6. The molecule has 2 rings (SSSR count). The summed E-state index contributed by atoms with van der Waals surface area (Å²) in [6.07, 6.45) is 9.50. The van der Waals surface area contributed by atoms with E-state index in [1.54, 1.807) is 6.26 Å².